The Bertz CT molecular complexity index is 607. The van der Waals surface area contributed by atoms with Crippen LogP contribution in [0.4, 0.5) is 5.82 Å². The Labute approximate surface area is 129 Å². The predicted molar refractivity (Wildman–Crippen MR) is 85.5 cm³/mol. The van der Waals surface area contributed by atoms with Crippen LogP contribution in [0.2, 0.25) is 0 Å². The summed E-state index contributed by atoms with van der Waals surface area (Å²) >= 11 is 1.67. The SMILES string of the molecule is COc1cc(CN(C)c2nccnc2OC)ccc1SC. The highest BCUT2D eigenvalue weighted by atomic mass is 32.2. The largest absolute Gasteiger partial charge is 0.496 e. The lowest BCUT2D eigenvalue weighted by molar-refractivity contribution is 0.395. The van der Waals surface area contributed by atoms with Gasteiger partial charge in [-0.1, -0.05) is 6.07 Å². The van der Waals surface area contributed by atoms with Gasteiger partial charge in [-0.15, -0.1) is 11.8 Å². The molecule has 0 unspecified atom stereocenters. The van der Waals surface area contributed by atoms with E-state index >= 15 is 0 Å². The molecule has 0 spiro atoms. The smallest absolute Gasteiger partial charge is 0.257 e. The Balaban J connectivity index is 2.21. The Morgan fingerprint density at radius 1 is 1.14 bits per heavy atom. The highest BCUT2D eigenvalue weighted by molar-refractivity contribution is 7.98. The molecular weight excluding hydrogens is 286 g/mol. The second kappa shape index (κ2) is 7.17. The molecule has 21 heavy (non-hydrogen) atoms. The maximum Gasteiger partial charge on any atom is 0.257 e. The van der Waals surface area contributed by atoms with Crippen LogP contribution in [0, 0.1) is 0 Å². The van der Waals surface area contributed by atoms with Gasteiger partial charge in [-0.25, -0.2) is 9.97 Å². The summed E-state index contributed by atoms with van der Waals surface area (Å²) in [4.78, 5) is 11.6. The van der Waals surface area contributed by atoms with E-state index in [9.17, 15) is 0 Å². The van der Waals surface area contributed by atoms with E-state index in [2.05, 4.69) is 22.1 Å². The summed E-state index contributed by atoms with van der Waals surface area (Å²) < 4.78 is 10.7. The zero-order valence-electron chi connectivity index (χ0n) is 12.7. The van der Waals surface area contributed by atoms with Gasteiger partial charge in [-0.2, -0.15) is 0 Å². The molecule has 0 radical (unpaired) electrons. The average molecular weight is 305 g/mol. The van der Waals surface area contributed by atoms with Crippen molar-refractivity contribution in [2.75, 3.05) is 32.4 Å². The van der Waals surface area contributed by atoms with E-state index in [-0.39, 0.29) is 0 Å². The maximum absolute atomic E-state index is 5.42. The van der Waals surface area contributed by atoms with Crippen molar-refractivity contribution in [2.45, 2.75) is 11.4 Å². The predicted octanol–water partition coefficient (Wildman–Crippen LogP) is 2.85. The molecule has 1 aromatic carbocycles. The van der Waals surface area contributed by atoms with Crippen LogP contribution >= 0.6 is 11.8 Å². The fourth-order valence-corrected chi connectivity index (χ4v) is 2.60. The summed E-state index contributed by atoms with van der Waals surface area (Å²) in [6, 6.07) is 6.21. The number of ether oxygens (including phenoxy) is 2. The molecule has 0 aliphatic carbocycles. The minimum atomic E-state index is 0.521. The monoisotopic (exact) mass is 305 g/mol. The zero-order valence-corrected chi connectivity index (χ0v) is 13.5. The van der Waals surface area contributed by atoms with E-state index in [1.54, 1.807) is 38.4 Å². The first-order valence-electron chi connectivity index (χ1n) is 6.46. The highest BCUT2D eigenvalue weighted by Gasteiger charge is 2.12. The lowest BCUT2D eigenvalue weighted by Gasteiger charge is -2.20. The fourth-order valence-electron chi connectivity index (χ4n) is 2.05. The number of hydrogen-bond acceptors (Lipinski definition) is 6. The van der Waals surface area contributed by atoms with E-state index in [0.29, 0.717) is 18.2 Å². The summed E-state index contributed by atoms with van der Waals surface area (Å²) in [7, 11) is 5.24. The normalized spacial score (nSPS) is 10.3. The molecule has 1 heterocycles. The summed E-state index contributed by atoms with van der Waals surface area (Å²) in [5, 5.41) is 0. The lowest BCUT2D eigenvalue weighted by Crippen LogP contribution is -2.19. The molecule has 1 aromatic heterocycles. The third-order valence-electron chi connectivity index (χ3n) is 3.07. The van der Waals surface area contributed by atoms with Gasteiger partial charge in [0.1, 0.15) is 5.75 Å². The van der Waals surface area contributed by atoms with Gasteiger partial charge >= 0.3 is 0 Å². The minimum absolute atomic E-state index is 0.521. The van der Waals surface area contributed by atoms with Crippen molar-refractivity contribution in [3.05, 3.63) is 36.2 Å². The standard InChI is InChI=1S/C15H19N3O2S/c1-18(14-15(20-3)17-8-7-16-14)10-11-5-6-13(21-4)12(9-11)19-2/h5-9H,10H2,1-4H3. The van der Waals surface area contributed by atoms with Crippen LogP contribution in [0.15, 0.2) is 35.5 Å². The number of nitrogens with zero attached hydrogens (tertiary/aromatic N) is 3. The van der Waals surface area contributed by atoms with Crippen LogP contribution in [-0.2, 0) is 6.54 Å². The van der Waals surface area contributed by atoms with Crippen LogP contribution in [0.1, 0.15) is 5.56 Å². The molecule has 0 fully saturated rings. The first-order chi connectivity index (χ1) is 10.2. The van der Waals surface area contributed by atoms with Crippen LogP contribution in [0.5, 0.6) is 11.6 Å². The van der Waals surface area contributed by atoms with E-state index < -0.39 is 0 Å². The number of rotatable bonds is 6. The Kier molecular flexibility index (Phi) is 5.27. The first-order valence-corrected chi connectivity index (χ1v) is 7.69. The molecule has 0 saturated carbocycles. The zero-order chi connectivity index (χ0) is 15.2. The fraction of sp³-hybridized carbons (Fsp3) is 0.333. The number of anilines is 1. The highest BCUT2D eigenvalue weighted by Crippen LogP contribution is 2.29. The quantitative estimate of drug-likeness (QED) is 0.765. The first kappa shape index (κ1) is 15.4. The second-order valence-corrected chi connectivity index (χ2v) is 5.28. The van der Waals surface area contributed by atoms with Gasteiger partial charge in [0.25, 0.3) is 5.88 Å². The van der Waals surface area contributed by atoms with Gasteiger partial charge in [0.05, 0.1) is 14.2 Å². The second-order valence-electron chi connectivity index (χ2n) is 4.43. The lowest BCUT2D eigenvalue weighted by atomic mass is 10.2. The number of aromatic nitrogens is 2. The summed E-state index contributed by atoms with van der Waals surface area (Å²) in [6.07, 6.45) is 5.31. The molecule has 0 bridgehead atoms. The molecule has 6 heteroatoms. The Morgan fingerprint density at radius 3 is 2.57 bits per heavy atom. The molecule has 0 saturated heterocycles. The van der Waals surface area contributed by atoms with Gasteiger partial charge in [0.2, 0.25) is 0 Å². The van der Waals surface area contributed by atoms with Gasteiger partial charge < -0.3 is 14.4 Å². The van der Waals surface area contributed by atoms with Crippen LogP contribution in [-0.4, -0.2) is 37.5 Å². The van der Waals surface area contributed by atoms with E-state index in [1.807, 2.05) is 24.3 Å². The Hall–Kier alpha value is -1.95. The molecule has 0 amide bonds. The number of benzene rings is 1. The molecule has 0 aliphatic heterocycles. The van der Waals surface area contributed by atoms with Crippen molar-refractivity contribution < 1.29 is 9.47 Å². The molecule has 2 rings (SSSR count). The molecular formula is C15H19N3O2S. The van der Waals surface area contributed by atoms with Crippen molar-refractivity contribution >= 4 is 17.6 Å². The van der Waals surface area contributed by atoms with Crippen molar-refractivity contribution in [3.8, 4) is 11.6 Å². The summed E-state index contributed by atoms with van der Waals surface area (Å²) in [6.45, 7) is 0.695. The molecule has 2 aromatic rings. The van der Waals surface area contributed by atoms with Gasteiger partial charge in [-0.05, 0) is 24.0 Å². The van der Waals surface area contributed by atoms with Crippen molar-refractivity contribution in [3.63, 3.8) is 0 Å². The molecule has 5 nitrogen and oxygen atoms in total. The number of hydrogen-bond donors (Lipinski definition) is 0. The van der Waals surface area contributed by atoms with E-state index in [1.165, 1.54) is 0 Å². The van der Waals surface area contributed by atoms with Crippen molar-refractivity contribution in [1.29, 1.82) is 0 Å². The van der Waals surface area contributed by atoms with Gasteiger partial charge in [-0.3, -0.25) is 0 Å². The Morgan fingerprint density at radius 2 is 1.90 bits per heavy atom. The molecule has 0 atom stereocenters. The molecule has 0 N–H and O–H groups in total. The number of methoxy groups -OCH3 is 2. The van der Waals surface area contributed by atoms with E-state index in [4.69, 9.17) is 9.47 Å². The molecule has 0 aliphatic rings. The van der Waals surface area contributed by atoms with E-state index in [0.717, 1.165) is 16.2 Å². The maximum atomic E-state index is 5.42. The minimum Gasteiger partial charge on any atom is -0.496 e. The third-order valence-corrected chi connectivity index (χ3v) is 3.85. The van der Waals surface area contributed by atoms with Gasteiger partial charge in [0, 0.05) is 30.9 Å². The van der Waals surface area contributed by atoms with Crippen LogP contribution in [0.3, 0.4) is 0 Å². The van der Waals surface area contributed by atoms with Gasteiger partial charge in [0.15, 0.2) is 5.82 Å². The topological polar surface area (TPSA) is 47.5 Å². The average Bonchev–Trinajstić information content (AvgIpc) is 2.54. The van der Waals surface area contributed by atoms with Crippen molar-refractivity contribution in [1.82, 2.24) is 9.97 Å². The summed E-state index contributed by atoms with van der Waals surface area (Å²) in [5.74, 6) is 2.13. The number of thioether (sulfide) groups is 1. The molecule has 112 valence electrons. The van der Waals surface area contributed by atoms with Crippen molar-refractivity contribution in [2.24, 2.45) is 0 Å². The van der Waals surface area contributed by atoms with Crippen LogP contribution < -0.4 is 14.4 Å². The third kappa shape index (κ3) is 3.58. The summed E-state index contributed by atoms with van der Waals surface area (Å²) in [5.41, 5.74) is 1.14. The van der Waals surface area contributed by atoms with Crippen LogP contribution in [0.25, 0.3) is 0 Å².